The number of hydrogen-bond acceptors (Lipinski definition) is 9. The van der Waals surface area contributed by atoms with Crippen LogP contribution >= 0.6 is 0 Å². The van der Waals surface area contributed by atoms with Crippen LogP contribution in [0.5, 0.6) is 0 Å². The van der Waals surface area contributed by atoms with Crippen LogP contribution in [0.2, 0.25) is 0 Å². The first-order chi connectivity index (χ1) is 72.0. The van der Waals surface area contributed by atoms with Gasteiger partial charge < -0.3 is 18.9 Å². The molecule has 145 heavy (non-hydrogen) atoms. The number of nitrogens with zero attached hydrogens (tertiary/aromatic N) is 14. The van der Waals surface area contributed by atoms with Gasteiger partial charge in [0, 0.05) is 112 Å². The highest BCUT2D eigenvalue weighted by Gasteiger charge is 2.33. The van der Waals surface area contributed by atoms with Crippen molar-refractivity contribution in [2.45, 2.75) is 0 Å². The fourth-order valence-corrected chi connectivity index (χ4v) is 21.3. The van der Waals surface area contributed by atoms with E-state index in [-0.39, 0.29) is 0 Å². The van der Waals surface area contributed by atoms with Crippen LogP contribution in [0.3, 0.4) is 0 Å². The Bertz CT molecular complexity index is 9700. The van der Waals surface area contributed by atoms with Crippen LogP contribution in [0.1, 0.15) is 0 Å². The summed E-state index contributed by atoms with van der Waals surface area (Å²) in [4.78, 5) is 41.3. The van der Waals surface area contributed by atoms with Gasteiger partial charge in [-0.3, -0.25) is 18.7 Å². The molecule has 0 aliphatic carbocycles. The first-order valence-corrected chi connectivity index (χ1v) is 48.8. The van der Waals surface area contributed by atoms with Crippen LogP contribution in [-0.2, 0) is 0 Å². The summed E-state index contributed by atoms with van der Waals surface area (Å²) in [6, 6.07) is 181. The second-order valence-electron chi connectivity index (χ2n) is 36.2. The molecule has 680 valence electrons. The minimum Gasteiger partial charge on any atom is -0.309 e. The molecule has 9 aromatic heterocycles. The molecule has 0 atom stereocenters. The lowest BCUT2D eigenvalue weighted by atomic mass is 10.0. The highest BCUT2D eigenvalue weighted by atomic mass is 15.3. The Labute approximate surface area is 834 Å². The third-order valence-electron chi connectivity index (χ3n) is 27.8. The van der Waals surface area contributed by atoms with Crippen LogP contribution in [0, 0.1) is 0 Å². The molecule has 0 spiro atoms. The summed E-state index contributed by atoms with van der Waals surface area (Å²) in [5.74, 6) is 2.61. The lowest BCUT2D eigenvalue weighted by Gasteiger charge is -2.40. The summed E-state index contributed by atoms with van der Waals surface area (Å²) in [5.41, 5.74) is 36.2. The average molecular weight is 1860 g/mol. The fraction of sp³-hybridized carbons (Fsp3) is 0. The molecule has 28 aromatic rings. The number of pyridine rings is 4. The summed E-state index contributed by atoms with van der Waals surface area (Å²) >= 11 is 0. The normalized spacial score (nSPS) is 11.8. The van der Waals surface area contributed by atoms with E-state index in [2.05, 4.69) is 475 Å². The Morgan fingerprint density at radius 1 is 0.159 bits per heavy atom. The Kier molecular flexibility index (Phi) is 20.9. The zero-order chi connectivity index (χ0) is 95.8. The third kappa shape index (κ3) is 14.7. The maximum Gasteiger partial charge on any atom is 0.145 e. The molecule has 29 rings (SSSR count). The Hall–Kier alpha value is -19.8. The zero-order valence-electron chi connectivity index (χ0n) is 78.4. The van der Waals surface area contributed by atoms with Crippen molar-refractivity contribution in [1.29, 1.82) is 0 Å². The van der Waals surface area contributed by atoms with Crippen molar-refractivity contribution in [3.05, 3.63) is 522 Å². The van der Waals surface area contributed by atoms with Gasteiger partial charge in [-0.2, -0.15) is 0 Å². The van der Waals surface area contributed by atoms with Gasteiger partial charge in [-0.05, 0) is 187 Å². The summed E-state index contributed by atoms with van der Waals surface area (Å²) in [7, 11) is 0. The minimum atomic E-state index is 0.802. The summed E-state index contributed by atoms with van der Waals surface area (Å²) in [6.45, 7) is 0. The number of anilines is 6. The number of para-hydroxylation sites is 13. The monoisotopic (exact) mass is 1850 g/mol. The molecular formula is C131H86N14. The summed E-state index contributed by atoms with van der Waals surface area (Å²) in [5, 5.41) is 8.04. The molecule has 0 unspecified atom stereocenters. The van der Waals surface area contributed by atoms with E-state index in [4.69, 9.17) is 34.9 Å². The summed E-state index contributed by atoms with van der Waals surface area (Å²) in [6.07, 6.45) is 1.82. The number of rotatable bonds is 14. The predicted molar refractivity (Wildman–Crippen MR) is 597 cm³/mol. The van der Waals surface area contributed by atoms with E-state index in [1.807, 2.05) is 79.0 Å². The van der Waals surface area contributed by atoms with E-state index in [9.17, 15) is 0 Å². The second-order valence-corrected chi connectivity index (χ2v) is 36.2. The molecule has 0 fully saturated rings. The SMILES string of the molecule is c1ccc(-c2nc3c4ccccc4nc(-c4ccccn4)c3n2-c2cccc(-n3c4ccccc4c4ccccc43)c2)cc1.c1ccc(-c2nc3ccccc3c3nc(-c4ccc(N5c6ccccc6N(c6ccccc6)c6ccccc65)cc4)n(-c4ccccc4)c23)cc1.c1ccc(-c2nc3ccccc3c3nc(-c4ccccc4)n(-c4ccc(-c5ccc6c(c5)c5ccccc5n6-c5ccccc5)cc4)c23)cc1. The quantitative estimate of drug-likeness (QED) is 0.105. The van der Waals surface area contributed by atoms with E-state index >= 15 is 0 Å². The molecule has 1 aliphatic heterocycles. The van der Waals surface area contributed by atoms with E-state index < -0.39 is 0 Å². The number of benzene rings is 19. The van der Waals surface area contributed by atoms with E-state index in [0.29, 0.717) is 0 Å². The standard InChI is InChI=1S/C46H31N5.C46H30N4.C39H25N5/c1-4-16-32(17-5-1)43-45-44(37-22-10-11-23-38(37)47-43)48-46(51(45)35-20-8-3-9-21-35)33-28-30-36(31-29-33)50-41-26-14-12-24-39(41)49(34-18-6-2-7-19-34)40-25-13-15-27-42(40)50;1-4-14-32(15-5-1)43-45-44(38-21-10-12-22-40(38)47-43)48-46(33-16-6-2-7-17-33)50(45)36-27-24-31(25-28-36)34-26-29-42-39(30-34)37-20-11-13-23-41(37)49(42)35-18-8-3-9-19-35;1-2-13-26(14-3-1)39-42-36-31-19-4-7-20-32(31)41-37(33-21-10-11-24-40-33)38(36)44(39)28-16-12-15-27(25-28)43-34-22-8-5-17-29(34)30-18-6-9-23-35(30)43/h1-31H;1-30H;1-25H. The molecule has 14 nitrogen and oxygen atoms in total. The Balaban J connectivity index is 0.000000108. The van der Waals surface area contributed by atoms with Crippen LogP contribution in [0.25, 0.3) is 217 Å². The molecule has 0 N–H and O–H groups in total. The first-order valence-electron chi connectivity index (χ1n) is 48.8. The lowest BCUT2D eigenvalue weighted by Crippen LogP contribution is -2.23. The van der Waals surface area contributed by atoms with Gasteiger partial charge in [0.05, 0.1) is 78.4 Å². The number of fused-ring (bicyclic) bond motifs is 17. The van der Waals surface area contributed by atoms with Crippen molar-refractivity contribution < 1.29 is 0 Å². The zero-order valence-corrected chi connectivity index (χ0v) is 78.4. The summed E-state index contributed by atoms with van der Waals surface area (Å²) < 4.78 is 11.5. The van der Waals surface area contributed by atoms with Crippen LogP contribution in [-0.4, -0.2) is 57.7 Å². The third-order valence-corrected chi connectivity index (χ3v) is 27.8. The van der Waals surface area contributed by atoms with Gasteiger partial charge in [0.15, 0.2) is 0 Å². The second kappa shape index (κ2) is 35.9. The van der Waals surface area contributed by atoms with Crippen LogP contribution in [0.4, 0.5) is 34.1 Å². The number of hydrogen-bond donors (Lipinski definition) is 0. The van der Waals surface area contributed by atoms with Crippen LogP contribution in [0.15, 0.2) is 522 Å². The number of imidazole rings is 3. The van der Waals surface area contributed by atoms with Crippen molar-refractivity contribution in [3.8, 4) is 108 Å². The topological polar surface area (TPSA) is 121 Å². The smallest absolute Gasteiger partial charge is 0.145 e. The molecule has 0 saturated carbocycles. The maximum absolute atomic E-state index is 5.43. The van der Waals surface area contributed by atoms with Crippen molar-refractivity contribution in [1.82, 2.24) is 57.7 Å². The predicted octanol–water partition coefficient (Wildman–Crippen LogP) is 33.2. The molecule has 19 aromatic carbocycles. The van der Waals surface area contributed by atoms with E-state index in [1.165, 1.54) is 49.2 Å². The molecule has 14 heteroatoms. The van der Waals surface area contributed by atoms with E-state index in [0.717, 1.165) is 202 Å². The van der Waals surface area contributed by atoms with Gasteiger partial charge in [-0.1, -0.05) is 340 Å². The van der Waals surface area contributed by atoms with Gasteiger partial charge in [-0.25, -0.2) is 29.9 Å². The van der Waals surface area contributed by atoms with Gasteiger partial charge in [0.2, 0.25) is 0 Å². The number of aromatic nitrogens is 12. The Morgan fingerprint density at radius 2 is 0.448 bits per heavy atom. The van der Waals surface area contributed by atoms with Crippen molar-refractivity contribution >= 4 is 144 Å². The molecule has 10 heterocycles. The fourth-order valence-electron chi connectivity index (χ4n) is 21.3. The van der Waals surface area contributed by atoms with Crippen molar-refractivity contribution in [3.63, 3.8) is 0 Å². The van der Waals surface area contributed by atoms with Gasteiger partial charge in [-0.15, -0.1) is 0 Å². The van der Waals surface area contributed by atoms with Gasteiger partial charge in [0.25, 0.3) is 0 Å². The van der Waals surface area contributed by atoms with Crippen LogP contribution < -0.4 is 9.80 Å². The first kappa shape index (κ1) is 84.5. The van der Waals surface area contributed by atoms with Gasteiger partial charge in [0.1, 0.15) is 56.3 Å². The highest BCUT2D eigenvalue weighted by molar-refractivity contribution is 6.15. The molecule has 0 saturated heterocycles. The van der Waals surface area contributed by atoms with Crippen molar-refractivity contribution in [2.24, 2.45) is 0 Å². The average Bonchev–Trinajstić information content (AvgIpc) is 1.66. The van der Waals surface area contributed by atoms with Crippen molar-refractivity contribution in [2.75, 3.05) is 9.80 Å². The van der Waals surface area contributed by atoms with E-state index in [1.54, 1.807) is 0 Å². The Morgan fingerprint density at radius 3 is 0.890 bits per heavy atom. The van der Waals surface area contributed by atoms with Gasteiger partial charge >= 0.3 is 0 Å². The minimum absolute atomic E-state index is 0.802. The maximum atomic E-state index is 5.43. The molecule has 1 aliphatic rings. The largest absolute Gasteiger partial charge is 0.309 e. The highest BCUT2D eigenvalue weighted by Crippen LogP contribution is 2.55. The lowest BCUT2D eigenvalue weighted by molar-refractivity contribution is 1.08. The molecule has 0 bridgehead atoms. The molecule has 0 amide bonds. The molecule has 0 radical (unpaired) electrons. The molecular weight excluding hydrogens is 1770 g/mol.